The molecule has 4 rings (SSSR count). The van der Waals surface area contributed by atoms with Gasteiger partial charge in [-0.05, 0) is 17.7 Å². The van der Waals surface area contributed by atoms with E-state index in [9.17, 15) is 9.59 Å². The van der Waals surface area contributed by atoms with Gasteiger partial charge in [-0.15, -0.1) is 0 Å². The van der Waals surface area contributed by atoms with Crippen LogP contribution in [0.1, 0.15) is 10.4 Å². The summed E-state index contributed by atoms with van der Waals surface area (Å²) in [5.41, 5.74) is 1.76. The van der Waals surface area contributed by atoms with Crippen LogP contribution >= 0.6 is 0 Å². The van der Waals surface area contributed by atoms with Gasteiger partial charge in [-0.2, -0.15) is 5.10 Å². The molecule has 0 bridgehead atoms. The molecule has 3 aromatic carbocycles. The van der Waals surface area contributed by atoms with E-state index in [-0.39, 0.29) is 5.56 Å². The summed E-state index contributed by atoms with van der Waals surface area (Å²) in [4.78, 5) is 25.6. The summed E-state index contributed by atoms with van der Waals surface area (Å²) in [6.07, 6.45) is 0. The molecule has 0 spiro atoms. The first kappa shape index (κ1) is 17.4. The summed E-state index contributed by atoms with van der Waals surface area (Å²) in [6, 6.07) is 27.3. The van der Waals surface area contributed by atoms with Crippen molar-refractivity contribution in [2.45, 2.75) is 0 Å². The van der Waals surface area contributed by atoms with E-state index < -0.39 is 11.5 Å². The summed E-state index contributed by atoms with van der Waals surface area (Å²) in [6.45, 7) is 0. The van der Waals surface area contributed by atoms with Crippen molar-refractivity contribution >= 4 is 5.97 Å². The molecule has 0 aliphatic heterocycles. The molecule has 4 aromatic rings. The van der Waals surface area contributed by atoms with Crippen LogP contribution in [-0.4, -0.2) is 16.2 Å². The Balaban J connectivity index is 1.92. The topological polar surface area (TPSA) is 72.0 Å². The van der Waals surface area contributed by atoms with Gasteiger partial charge in [-0.25, -0.2) is 9.89 Å². The number of ether oxygens (including phenoxy) is 1. The van der Waals surface area contributed by atoms with Crippen LogP contribution in [0, 0.1) is 0 Å². The molecule has 1 heterocycles. The van der Waals surface area contributed by atoms with E-state index in [1.54, 1.807) is 24.3 Å². The number of nitrogens with zero attached hydrogens (tertiary/aromatic N) is 1. The number of benzene rings is 3. The molecule has 0 atom stereocenters. The molecule has 1 aromatic heterocycles. The molecule has 0 radical (unpaired) electrons. The molecule has 0 saturated heterocycles. The summed E-state index contributed by atoms with van der Waals surface area (Å²) >= 11 is 0. The second-order valence-corrected chi connectivity index (χ2v) is 6.09. The normalized spacial score (nSPS) is 10.4. The lowest BCUT2D eigenvalue weighted by atomic mass is 9.95. The zero-order chi connectivity index (χ0) is 19.3. The van der Waals surface area contributed by atoms with Crippen LogP contribution in [0.25, 0.3) is 22.4 Å². The number of H-pyrrole nitrogens is 1. The van der Waals surface area contributed by atoms with Gasteiger partial charge >= 0.3 is 5.97 Å². The molecular formula is C23H16N2O3. The average molecular weight is 368 g/mol. The second-order valence-electron chi connectivity index (χ2n) is 6.09. The molecule has 0 aliphatic carbocycles. The fraction of sp³-hybridized carbons (Fsp3) is 0. The minimum Gasteiger partial charge on any atom is -0.423 e. The maximum atomic E-state index is 12.9. The minimum atomic E-state index is -0.731. The molecule has 0 aliphatic rings. The van der Waals surface area contributed by atoms with Crippen LogP contribution in [0.5, 0.6) is 5.75 Å². The molecule has 0 amide bonds. The summed E-state index contributed by atoms with van der Waals surface area (Å²) in [5.74, 6) is -0.366. The number of esters is 1. The van der Waals surface area contributed by atoms with E-state index in [2.05, 4.69) is 10.2 Å². The molecule has 28 heavy (non-hydrogen) atoms. The van der Waals surface area contributed by atoms with Crippen molar-refractivity contribution in [2.24, 2.45) is 0 Å². The predicted molar refractivity (Wildman–Crippen MR) is 107 cm³/mol. The maximum Gasteiger partial charge on any atom is 0.349 e. The van der Waals surface area contributed by atoms with Crippen molar-refractivity contribution in [1.82, 2.24) is 10.2 Å². The molecular weight excluding hydrogens is 352 g/mol. The van der Waals surface area contributed by atoms with E-state index in [1.165, 1.54) is 0 Å². The number of aromatic amines is 1. The lowest BCUT2D eigenvalue weighted by Crippen LogP contribution is -2.24. The van der Waals surface area contributed by atoms with Gasteiger partial charge < -0.3 is 4.74 Å². The van der Waals surface area contributed by atoms with Crippen LogP contribution in [0.15, 0.2) is 95.8 Å². The van der Waals surface area contributed by atoms with E-state index in [1.807, 2.05) is 66.7 Å². The van der Waals surface area contributed by atoms with E-state index in [0.717, 1.165) is 5.56 Å². The number of hydrogen-bond acceptors (Lipinski definition) is 4. The van der Waals surface area contributed by atoms with E-state index >= 15 is 0 Å². The van der Waals surface area contributed by atoms with Crippen molar-refractivity contribution in [2.75, 3.05) is 0 Å². The first-order valence-electron chi connectivity index (χ1n) is 8.75. The SMILES string of the molecule is O=C(Oc1ccccc1)c1c(-c2ccccc2)c(-c2ccccc2)n[nH]c1=O. The van der Waals surface area contributed by atoms with E-state index in [0.29, 0.717) is 22.6 Å². The smallest absolute Gasteiger partial charge is 0.349 e. The van der Waals surface area contributed by atoms with E-state index in [4.69, 9.17) is 4.74 Å². The first-order chi connectivity index (χ1) is 13.7. The molecule has 5 nitrogen and oxygen atoms in total. The number of rotatable bonds is 4. The lowest BCUT2D eigenvalue weighted by Gasteiger charge is -2.13. The van der Waals surface area contributed by atoms with Crippen molar-refractivity contribution in [3.05, 3.63) is 107 Å². The monoisotopic (exact) mass is 368 g/mol. The van der Waals surface area contributed by atoms with Crippen molar-refractivity contribution in [3.8, 4) is 28.1 Å². The highest BCUT2D eigenvalue weighted by atomic mass is 16.5. The Morgan fingerprint density at radius 1 is 0.750 bits per heavy atom. The largest absolute Gasteiger partial charge is 0.423 e. The summed E-state index contributed by atoms with van der Waals surface area (Å²) in [5, 5.41) is 6.67. The van der Waals surface area contributed by atoms with Gasteiger partial charge in [0.2, 0.25) is 0 Å². The van der Waals surface area contributed by atoms with Gasteiger partial charge in [0, 0.05) is 11.1 Å². The molecule has 136 valence electrons. The number of carbonyl (C=O) groups is 1. The third-order valence-corrected chi connectivity index (χ3v) is 4.25. The van der Waals surface area contributed by atoms with Gasteiger partial charge in [0.1, 0.15) is 11.3 Å². The van der Waals surface area contributed by atoms with Crippen LogP contribution in [0.4, 0.5) is 0 Å². The standard InChI is InChI=1S/C23H16N2O3/c26-22-20(23(27)28-18-14-8-3-9-15-18)19(16-10-4-1-5-11-16)21(24-25-22)17-12-6-2-7-13-17/h1-15H,(H,25,26). The van der Waals surface area contributed by atoms with Crippen molar-refractivity contribution < 1.29 is 9.53 Å². The highest BCUT2D eigenvalue weighted by Gasteiger charge is 2.24. The zero-order valence-corrected chi connectivity index (χ0v) is 14.8. The molecule has 0 fully saturated rings. The Kier molecular flexibility index (Phi) is 4.80. The lowest BCUT2D eigenvalue weighted by molar-refractivity contribution is 0.0733. The molecule has 5 heteroatoms. The number of nitrogens with one attached hydrogen (secondary N) is 1. The Morgan fingerprint density at radius 2 is 1.29 bits per heavy atom. The van der Waals surface area contributed by atoms with Gasteiger partial charge in [-0.1, -0.05) is 78.9 Å². The van der Waals surface area contributed by atoms with Crippen LogP contribution in [0.3, 0.4) is 0 Å². The summed E-state index contributed by atoms with van der Waals surface area (Å²) < 4.78 is 5.45. The zero-order valence-electron chi connectivity index (χ0n) is 14.8. The Morgan fingerprint density at radius 3 is 1.89 bits per heavy atom. The van der Waals surface area contributed by atoms with Gasteiger partial charge in [0.25, 0.3) is 5.56 Å². The third-order valence-electron chi connectivity index (χ3n) is 4.25. The predicted octanol–water partition coefficient (Wildman–Crippen LogP) is 4.32. The number of para-hydroxylation sites is 1. The van der Waals surface area contributed by atoms with Gasteiger partial charge in [0.15, 0.2) is 0 Å². The number of carbonyl (C=O) groups excluding carboxylic acids is 1. The van der Waals surface area contributed by atoms with Crippen LogP contribution in [-0.2, 0) is 0 Å². The Labute approximate surface area is 161 Å². The van der Waals surface area contributed by atoms with Gasteiger partial charge in [0.05, 0.1) is 5.69 Å². The summed E-state index contributed by atoms with van der Waals surface area (Å²) in [7, 11) is 0. The van der Waals surface area contributed by atoms with Gasteiger partial charge in [-0.3, -0.25) is 4.79 Å². The fourth-order valence-electron chi connectivity index (χ4n) is 2.98. The molecule has 0 unspecified atom stereocenters. The Hall–Kier alpha value is -3.99. The first-order valence-corrected chi connectivity index (χ1v) is 8.75. The highest BCUT2D eigenvalue weighted by molar-refractivity contribution is 6.01. The minimum absolute atomic E-state index is 0.0797. The Bertz CT molecular complexity index is 1150. The third kappa shape index (κ3) is 3.46. The maximum absolute atomic E-state index is 12.9. The van der Waals surface area contributed by atoms with Crippen LogP contribution < -0.4 is 10.3 Å². The number of hydrogen-bond donors (Lipinski definition) is 1. The van der Waals surface area contributed by atoms with Crippen LogP contribution in [0.2, 0.25) is 0 Å². The van der Waals surface area contributed by atoms with Crippen molar-refractivity contribution in [1.29, 1.82) is 0 Å². The fourth-order valence-corrected chi connectivity index (χ4v) is 2.98. The second kappa shape index (κ2) is 7.72. The number of aromatic nitrogens is 2. The highest BCUT2D eigenvalue weighted by Crippen LogP contribution is 2.32. The average Bonchev–Trinajstić information content (AvgIpc) is 2.75. The quantitative estimate of drug-likeness (QED) is 0.430. The molecule has 1 N–H and O–H groups in total. The molecule has 0 saturated carbocycles. The van der Waals surface area contributed by atoms with Crippen molar-refractivity contribution in [3.63, 3.8) is 0 Å².